The van der Waals surface area contributed by atoms with E-state index in [4.69, 9.17) is 0 Å². The Kier molecular flexibility index (Phi) is 4.27. The molecule has 1 aliphatic rings. The number of thioether (sulfide) groups is 1. The molecule has 17 heavy (non-hydrogen) atoms. The van der Waals surface area contributed by atoms with Gasteiger partial charge in [-0.2, -0.15) is 11.8 Å². The molecule has 1 aromatic rings. The maximum absolute atomic E-state index is 12.2. The second-order valence-corrected chi connectivity index (χ2v) is 6.30. The van der Waals surface area contributed by atoms with Crippen LogP contribution < -0.4 is 0 Å². The van der Waals surface area contributed by atoms with Crippen molar-refractivity contribution in [3.63, 3.8) is 0 Å². The van der Waals surface area contributed by atoms with E-state index in [-0.39, 0.29) is 5.25 Å². The fourth-order valence-corrected chi connectivity index (χ4v) is 3.74. The summed E-state index contributed by atoms with van der Waals surface area (Å²) < 4.78 is 0. The van der Waals surface area contributed by atoms with E-state index in [1.807, 2.05) is 11.8 Å². The molecule has 1 saturated heterocycles. The number of rotatable bonds is 3. The van der Waals surface area contributed by atoms with Gasteiger partial charge in [0.1, 0.15) is 5.78 Å². The summed E-state index contributed by atoms with van der Waals surface area (Å²) in [5.41, 5.74) is 3.69. The van der Waals surface area contributed by atoms with Crippen molar-refractivity contribution in [3.8, 4) is 0 Å². The molecule has 0 bridgehead atoms. The average molecular weight is 248 g/mol. The van der Waals surface area contributed by atoms with Crippen molar-refractivity contribution in [1.29, 1.82) is 0 Å². The molecule has 1 unspecified atom stereocenters. The van der Waals surface area contributed by atoms with Crippen molar-refractivity contribution in [3.05, 3.63) is 34.9 Å². The van der Waals surface area contributed by atoms with E-state index in [2.05, 4.69) is 32.0 Å². The number of carbonyl (C=O) groups excluding carboxylic acids is 1. The van der Waals surface area contributed by atoms with E-state index >= 15 is 0 Å². The van der Waals surface area contributed by atoms with Gasteiger partial charge in [-0.15, -0.1) is 0 Å². The van der Waals surface area contributed by atoms with Crippen molar-refractivity contribution in [2.45, 2.75) is 44.8 Å². The maximum atomic E-state index is 12.2. The van der Waals surface area contributed by atoms with Gasteiger partial charge in [0.2, 0.25) is 0 Å². The van der Waals surface area contributed by atoms with Gasteiger partial charge < -0.3 is 0 Å². The van der Waals surface area contributed by atoms with Gasteiger partial charge in [-0.05, 0) is 38.0 Å². The van der Waals surface area contributed by atoms with Crippen LogP contribution in [0.1, 0.15) is 36.0 Å². The minimum Gasteiger partial charge on any atom is -0.298 e. The van der Waals surface area contributed by atoms with Crippen molar-refractivity contribution in [1.82, 2.24) is 0 Å². The molecule has 0 aliphatic carbocycles. The number of hydrogen-bond acceptors (Lipinski definition) is 2. The highest BCUT2D eigenvalue weighted by Crippen LogP contribution is 2.26. The minimum absolute atomic E-state index is 0.254. The Morgan fingerprint density at radius 2 is 1.94 bits per heavy atom. The third-order valence-electron chi connectivity index (χ3n) is 3.20. The lowest BCUT2D eigenvalue weighted by molar-refractivity contribution is -0.118. The summed E-state index contributed by atoms with van der Waals surface area (Å²) in [5, 5.41) is 0.254. The van der Waals surface area contributed by atoms with Gasteiger partial charge in [-0.25, -0.2) is 0 Å². The molecule has 0 radical (unpaired) electrons. The third-order valence-corrected chi connectivity index (χ3v) is 4.62. The van der Waals surface area contributed by atoms with Crippen LogP contribution in [0.5, 0.6) is 0 Å². The molecule has 1 aliphatic heterocycles. The predicted octanol–water partition coefficient (Wildman–Crippen LogP) is 3.70. The monoisotopic (exact) mass is 248 g/mol. The van der Waals surface area contributed by atoms with Gasteiger partial charge in [0.05, 0.1) is 5.25 Å². The first kappa shape index (κ1) is 12.7. The molecule has 0 N–H and O–H groups in total. The Balaban J connectivity index is 2.01. The van der Waals surface area contributed by atoms with Crippen LogP contribution in [-0.4, -0.2) is 16.8 Å². The summed E-state index contributed by atoms with van der Waals surface area (Å²) in [7, 11) is 0. The molecule has 0 aromatic heterocycles. The van der Waals surface area contributed by atoms with Gasteiger partial charge in [-0.1, -0.05) is 35.7 Å². The lowest BCUT2D eigenvalue weighted by Gasteiger charge is -2.20. The molecule has 2 heteroatoms. The summed E-state index contributed by atoms with van der Waals surface area (Å²) in [6, 6.07) is 6.43. The standard InChI is InChI=1S/C15H20OS/c1-11-7-12(2)9-13(8-11)10-14(16)15-5-3-4-6-17-15/h7-9,15H,3-6,10H2,1-2H3. The van der Waals surface area contributed by atoms with Crippen molar-refractivity contribution < 1.29 is 4.79 Å². The third kappa shape index (κ3) is 3.60. The van der Waals surface area contributed by atoms with Crippen LogP contribution in [0.15, 0.2) is 18.2 Å². The van der Waals surface area contributed by atoms with Crippen molar-refractivity contribution in [2.24, 2.45) is 0 Å². The van der Waals surface area contributed by atoms with Crippen LogP contribution >= 0.6 is 11.8 Å². The molecular formula is C15H20OS. The van der Waals surface area contributed by atoms with E-state index in [0.29, 0.717) is 12.2 Å². The first-order valence-electron chi connectivity index (χ1n) is 6.36. The zero-order valence-electron chi connectivity index (χ0n) is 10.7. The molecule has 2 rings (SSSR count). The molecule has 0 saturated carbocycles. The summed E-state index contributed by atoms with van der Waals surface area (Å²) in [6.07, 6.45) is 4.18. The Morgan fingerprint density at radius 1 is 1.24 bits per heavy atom. The summed E-state index contributed by atoms with van der Waals surface area (Å²) in [6.45, 7) is 4.19. The van der Waals surface area contributed by atoms with Crippen molar-refractivity contribution in [2.75, 3.05) is 5.75 Å². The second kappa shape index (κ2) is 5.72. The van der Waals surface area contributed by atoms with E-state index in [0.717, 1.165) is 12.2 Å². The molecule has 1 atom stereocenters. The normalized spacial score (nSPS) is 20.2. The molecule has 1 aromatic carbocycles. The van der Waals surface area contributed by atoms with Gasteiger partial charge in [-0.3, -0.25) is 4.79 Å². The first-order chi connectivity index (χ1) is 8.15. The maximum Gasteiger partial charge on any atom is 0.150 e. The molecule has 0 spiro atoms. The molecule has 1 nitrogen and oxygen atoms in total. The van der Waals surface area contributed by atoms with Crippen LogP contribution in [0.3, 0.4) is 0 Å². The minimum atomic E-state index is 0.254. The summed E-state index contributed by atoms with van der Waals surface area (Å²) in [5.74, 6) is 1.57. The second-order valence-electron chi connectivity index (χ2n) is 4.99. The quantitative estimate of drug-likeness (QED) is 0.811. The van der Waals surface area contributed by atoms with Crippen LogP contribution in [0.25, 0.3) is 0 Å². The fourth-order valence-electron chi connectivity index (χ4n) is 2.48. The Labute approximate surface area is 108 Å². The number of hydrogen-bond donors (Lipinski definition) is 0. The van der Waals surface area contributed by atoms with E-state index in [1.165, 1.54) is 29.5 Å². The lowest BCUT2D eigenvalue weighted by atomic mass is 10.00. The topological polar surface area (TPSA) is 17.1 Å². The van der Waals surface area contributed by atoms with Crippen LogP contribution in [0.4, 0.5) is 0 Å². The predicted molar refractivity (Wildman–Crippen MR) is 74.7 cm³/mol. The highest BCUT2D eigenvalue weighted by molar-refractivity contribution is 8.00. The van der Waals surface area contributed by atoms with E-state index in [1.54, 1.807) is 0 Å². The number of carbonyl (C=O) groups is 1. The molecular weight excluding hydrogens is 228 g/mol. The number of ketones is 1. The van der Waals surface area contributed by atoms with Crippen LogP contribution in [0.2, 0.25) is 0 Å². The van der Waals surface area contributed by atoms with Crippen LogP contribution in [-0.2, 0) is 11.2 Å². The molecule has 1 heterocycles. The van der Waals surface area contributed by atoms with E-state index < -0.39 is 0 Å². The van der Waals surface area contributed by atoms with Crippen LogP contribution in [0, 0.1) is 13.8 Å². The number of Topliss-reactive ketones (excluding diaryl/α,β-unsaturated/α-hetero) is 1. The van der Waals surface area contributed by atoms with Gasteiger partial charge >= 0.3 is 0 Å². The van der Waals surface area contributed by atoms with E-state index in [9.17, 15) is 4.79 Å². The first-order valence-corrected chi connectivity index (χ1v) is 7.41. The Morgan fingerprint density at radius 3 is 2.53 bits per heavy atom. The molecule has 1 fully saturated rings. The summed E-state index contributed by atoms with van der Waals surface area (Å²) >= 11 is 1.85. The smallest absolute Gasteiger partial charge is 0.150 e. The molecule has 92 valence electrons. The summed E-state index contributed by atoms with van der Waals surface area (Å²) in [4.78, 5) is 12.2. The number of benzene rings is 1. The fraction of sp³-hybridized carbons (Fsp3) is 0.533. The van der Waals surface area contributed by atoms with Gasteiger partial charge in [0.25, 0.3) is 0 Å². The number of aryl methyl sites for hydroxylation is 2. The Hall–Kier alpha value is -0.760. The highest BCUT2D eigenvalue weighted by atomic mass is 32.2. The average Bonchev–Trinajstić information content (AvgIpc) is 2.28. The SMILES string of the molecule is Cc1cc(C)cc(CC(=O)C2CCCCS2)c1. The zero-order valence-corrected chi connectivity index (χ0v) is 11.5. The molecule has 0 amide bonds. The lowest BCUT2D eigenvalue weighted by Crippen LogP contribution is -2.22. The Bertz CT molecular complexity index is 385. The zero-order chi connectivity index (χ0) is 12.3. The van der Waals surface area contributed by atoms with Crippen molar-refractivity contribution >= 4 is 17.5 Å². The highest BCUT2D eigenvalue weighted by Gasteiger charge is 2.21. The van der Waals surface area contributed by atoms with Gasteiger partial charge in [0, 0.05) is 6.42 Å². The van der Waals surface area contributed by atoms with Gasteiger partial charge in [0.15, 0.2) is 0 Å². The largest absolute Gasteiger partial charge is 0.298 e.